The molecule has 2 aliphatic heterocycles. The summed E-state index contributed by atoms with van der Waals surface area (Å²) in [6, 6.07) is 7.72. The van der Waals surface area contributed by atoms with Crippen LogP contribution in [0.15, 0.2) is 30.5 Å². The molecule has 3 heterocycles. The van der Waals surface area contributed by atoms with Crippen LogP contribution in [-0.2, 0) is 22.5 Å². The summed E-state index contributed by atoms with van der Waals surface area (Å²) in [5.41, 5.74) is 3.01. The zero-order valence-electron chi connectivity index (χ0n) is 14.3. The Bertz CT molecular complexity index is 770. The molecule has 0 bridgehead atoms. The van der Waals surface area contributed by atoms with E-state index < -0.39 is 0 Å². The lowest BCUT2D eigenvalue weighted by molar-refractivity contribution is -0.141. The van der Waals surface area contributed by atoms with Gasteiger partial charge in [0, 0.05) is 43.4 Å². The fourth-order valence-electron chi connectivity index (χ4n) is 3.36. The van der Waals surface area contributed by atoms with Gasteiger partial charge < -0.3 is 14.4 Å². The molecular formula is C19H21N3O3. The molecule has 1 aromatic heterocycles. The smallest absolute Gasteiger partial charge is 0.252 e. The van der Waals surface area contributed by atoms with E-state index in [-0.39, 0.29) is 12.0 Å². The lowest BCUT2D eigenvalue weighted by atomic mass is 10.1. The molecular weight excluding hydrogens is 318 g/mol. The third-order valence-electron chi connectivity index (χ3n) is 4.80. The Kier molecular flexibility index (Phi) is 4.36. The molecule has 0 N–H and O–H groups in total. The summed E-state index contributed by atoms with van der Waals surface area (Å²) < 4.78 is 10.7. The van der Waals surface area contributed by atoms with Crippen LogP contribution in [0.1, 0.15) is 24.1 Å². The fourth-order valence-corrected chi connectivity index (χ4v) is 3.36. The van der Waals surface area contributed by atoms with E-state index in [9.17, 15) is 4.79 Å². The zero-order valence-corrected chi connectivity index (χ0v) is 14.3. The summed E-state index contributed by atoms with van der Waals surface area (Å²) in [7, 11) is 1.65. The first-order chi connectivity index (χ1) is 12.2. The van der Waals surface area contributed by atoms with E-state index in [4.69, 9.17) is 14.5 Å². The van der Waals surface area contributed by atoms with Crippen LogP contribution < -0.4 is 4.74 Å². The minimum Gasteiger partial charge on any atom is -0.497 e. The molecule has 25 heavy (non-hydrogen) atoms. The van der Waals surface area contributed by atoms with Crippen LogP contribution in [0.5, 0.6) is 5.75 Å². The second-order valence-corrected chi connectivity index (χ2v) is 6.41. The summed E-state index contributed by atoms with van der Waals surface area (Å²) in [5.74, 6) is 1.62. The minimum atomic E-state index is -0.263. The maximum atomic E-state index is 12.5. The number of nitrogens with zero attached hydrogens (tertiary/aromatic N) is 3. The van der Waals surface area contributed by atoms with Gasteiger partial charge >= 0.3 is 0 Å². The number of fused-ring (bicyclic) bond motifs is 1. The van der Waals surface area contributed by atoms with Crippen molar-refractivity contribution in [3.05, 3.63) is 41.7 Å². The number of carbonyl (C=O) groups excluding carboxylic acids is 1. The molecule has 0 spiro atoms. The number of rotatable bonds is 3. The van der Waals surface area contributed by atoms with Crippen LogP contribution in [0.3, 0.4) is 0 Å². The van der Waals surface area contributed by atoms with Crippen LogP contribution in [0.2, 0.25) is 0 Å². The largest absolute Gasteiger partial charge is 0.497 e. The molecule has 1 saturated heterocycles. The quantitative estimate of drug-likeness (QED) is 0.858. The van der Waals surface area contributed by atoms with Crippen molar-refractivity contribution < 1.29 is 14.3 Å². The molecule has 6 nitrogen and oxygen atoms in total. The van der Waals surface area contributed by atoms with E-state index in [1.165, 1.54) is 0 Å². The maximum absolute atomic E-state index is 12.5. The van der Waals surface area contributed by atoms with Crippen molar-refractivity contribution in [3.63, 3.8) is 0 Å². The molecule has 1 atom stereocenters. The van der Waals surface area contributed by atoms with E-state index in [2.05, 4.69) is 4.98 Å². The summed E-state index contributed by atoms with van der Waals surface area (Å²) in [5, 5.41) is 0. The van der Waals surface area contributed by atoms with E-state index >= 15 is 0 Å². The molecule has 1 aromatic carbocycles. The predicted octanol–water partition coefficient (Wildman–Crippen LogP) is 2.22. The average molecular weight is 339 g/mol. The number of hydrogen-bond donors (Lipinski definition) is 0. The Balaban J connectivity index is 1.51. The molecule has 1 unspecified atom stereocenters. The monoisotopic (exact) mass is 339 g/mol. The number of aromatic nitrogens is 2. The lowest BCUT2D eigenvalue weighted by Crippen LogP contribution is -2.42. The standard InChI is InChI=1S/C19H21N3O3/c1-24-15-6-4-13(5-7-15)18-20-11-14-12-22(9-8-16(14)21-18)19(23)17-3-2-10-25-17/h4-7,11,17H,2-3,8-10,12H2,1H3. The lowest BCUT2D eigenvalue weighted by Gasteiger charge is -2.30. The van der Waals surface area contributed by atoms with Gasteiger partial charge in [-0.25, -0.2) is 9.97 Å². The highest BCUT2D eigenvalue weighted by Crippen LogP contribution is 2.24. The van der Waals surface area contributed by atoms with Crippen molar-refractivity contribution >= 4 is 5.91 Å². The Labute approximate surface area is 146 Å². The number of ether oxygens (including phenoxy) is 2. The molecule has 2 aliphatic rings. The van der Waals surface area contributed by atoms with E-state index in [0.717, 1.165) is 41.8 Å². The summed E-state index contributed by atoms with van der Waals surface area (Å²) >= 11 is 0. The van der Waals surface area contributed by atoms with Crippen molar-refractivity contribution in [2.45, 2.75) is 31.9 Å². The Morgan fingerprint density at radius 1 is 1.32 bits per heavy atom. The van der Waals surface area contributed by atoms with Crippen LogP contribution in [-0.4, -0.2) is 47.1 Å². The van der Waals surface area contributed by atoms with Crippen molar-refractivity contribution in [1.82, 2.24) is 14.9 Å². The third kappa shape index (κ3) is 3.22. The van der Waals surface area contributed by atoms with Gasteiger partial charge in [0.2, 0.25) is 0 Å². The van der Waals surface area contributed by atoms with Gasteiger partial charge in [-0.1, -0.05) is 0 Å². The second-order valence-electron chi connectivity index (χ2n) is 6.41. The Morgan fingerprint density at radius 3 is 2.88 bits per heavy atom. The maximum Gasteiger partial charge on any atom is 0.252 e. The average Bonchev–Trinajstić information content (AvgIpc) is 3.21. The van der Waals surface area contributed by atoms with Crippen molar-refractivity contribution in [2.75, 3.05) is 20.3 Å². The zero-order chi connectivity index (χ0) is 17.2. The van der Waals surface area contributed by atoms with Crippen molar-refractivity contribution in [3.8, 4) is 17.1 Å². The molecule has 0 saturated carbocycles. The molecule has 4 rings (SSSR count). The van der Waals surface area contributed by atoms with Crippen molar-refractivity contribution in [1.29, 1.82) is 0 Å². The van der Waals surface area contributed by atoms with Gasteiger partial charge in [-0.15, -0.1) is 0 Å². The summed E-state index contributed by atoms with van der Waals surface area (Å²) in [6.45, 7) is 1.94. The van der Waals surface area contributed by atoms with E-state index in [1.54, 1.807) is 7.11 Å². The number of methoxy groups -OCH3 is 1. The minimum absolute atomic E-state index is 0.0994. The van der Waals surface area contributed by atoms with Crippen LogP contribution in [0, 0.1) is 0 Å². The Hall–Kier alpha value is -2.47. The van der Waals surface area contributed by atoms with Crippen LogP contribution in [0.4, 0.5) is 0 Å². The highest BCUT2D eigenvalue weighted by Gasteiger charge is 2.30. The number of benzene rings is 1. The predicted molar refractivity (Wildman–Crippen MR) is 92.1 cm³/mol. The molecule has 1 fully saturated rings. The van der Waals surface area contributed by atoms with Gasteiger partial charge in [-0.3, -0.25) is 4.79 Å². The van der Waals surface area contributed by atoms with Gasteiger partial charge in [0.05, 0.1) is 12.8 Å². The van der Waals surface area contributed by atoms with Crippen LogP contribution in [0.25, 0.3) is 11.4 Å². The molecule has 1 amide bonds. The SMILES string of the molecule is COc1ccc(-c2ncc3c(n2)CCN(C(=O)C2CCCO2)C3)cc1. The van der Waals surface area contributed by atoms with Gasteiger partial charge in [-0.05, 0) is 37.1 Å². The second kappa shape index (κ2) is 6.80. The van der Waals surface area contributed by atoms with Gasteiger partial charge in [0.25, 0.3) is 5.91 Å². The van der Waals surface area contributed by atoms with Crippen molar-refractivity contribution in [2.24, 2.45) is 0 Å². The highest BCUT2D eigenvalue weighted by atomic mass is 16.5. The number of amides is 1. The normalized spacial score (nSPS) is 19.6. The van der Waals surface area contributed by atoms with Crippen LogP contribution >= 0.6 is 0 Å². The van der Waals surface area contributed by atoms with Gasteiger partial charge in [-0.2, -0.15) is 0 Å². The molecule has 0 aliphatic carbocycles. The third-order valence-corrected chi connectivity index (χ3v) is 4.80. The topological polar surface area (TPSA) is 64.6 Å². The number of carbonyl (C=O) groups is 1. The van der Waals surface area contributed by atoms with Gasteiger partial charge in [0.1, 0.15) is 11.9 Å². The van der Waals surface area contributed by atoms with E-state index in [0.29, 0.717) is 25.5 Å². The molecule has 6 heteroatoms. The van der Waals surface area contributed by atoms with E-state index in [1.807, 2.05) is 35.4 Å². The first-order valence-electron chi connectivity index (χ1n) is 8.64. The van der Waals surface area contributed by atoms with Gasteiger partial charge in [0.15, 0.2) is 5.82 Å². The number of hydrogen-bond acceptors (Lipinski definition) is 5. The molecule has 130 valence electrons. The summed E-state index contributed by atoms with van der Waals surface area (Å²) in [6.07, 6.45) is 4.13. The highest BCUT2D eigenvalue weighted by molar-refractivity contribution is 5.81. The molecule has 2 aromatic rings. The molecule has 0 radical (unpaired) electrons. The summed E-state index contributed by atoms with van der Waals surface area (Å²) in [4.78, 5) is 23.6. The Morgan fingerprint density at radius 2 is 2.16 bits per heavy atom. The fraction of sp³-hybridized carbons (Fsp3) is 0.421. The first-order valence-corrected chi connectivity index (χ1v) is 8.64. The first kappa shape index (κ1) is 16.0.